The second-order valence-electron chi connectivity index (χ2n) is 6.98. The van der Waals surface area contributed by atoms with Crippen LogP contribution in [0.4, 0.5) is 0 Å². The average molecular weight is 353 g/mol. The second-order valence-corrected chi connectivity index (χ2v) is 6.98. The highest BCUT2D eigenvalue weighted by Crippen LogP contribution is 2.22. The summed E-state index contributed by atoms with van der Waals surface area (Å²) in [5.41, 5.74) is 2.38. The molecule has 0 spiro atoms. The van der Waals surface area contributed by atoms with E-state index in [1.54, 1.807) is 26.0 Å². The molecule has 136 valence electrons. The number of carbonyl (C=O) groups is 1. The largest absolute Gasteiger partial charge is 0.443 e. The lowest BCUT2D eigenvalue weighted by atomic mass is 10.1. The normalized spacial score (nSPS) is 13.1. The smallest absolute Gasteiger partial charge is 0.287 e. The van der Waals surface area contributed by atoms with Gasteiger partial charge in [0.1, 0.15) is 11.4 Å². The van der Waals surface area contributed by atoms with Gasteiger partial charge >= 0.3 is 0 Å². The van der Waals surface area contributed by atoms with Crippen molar-refractivity contribution >= 4 is 5.91 Å². The van der Waals surface area contributed by atoms with E-state index in [9.17, 15) is 9.90 Å². The maximum absolute atomic E-state index is 12.2. The van der Waals surface area contributed by atoms with Gasteiger partial charge in [0, 0.05) is 24.4 Å². The molecule has 1 amide bonds. The van der Waals surface area contributed by atoms with Crippen LogP contribution in [0.25, 0.3) is 0 Å². The summed E-state index contributed by atoms with van der Waals surface area (Å²) in [6.07, 6.45) is 3.79. The van der Waals surface area contributed by atoms with E-state index in [0.29, 0.717) is 18.7 Å². The van der Waals surface area contributed by atoms with E-state index >= 15 is 0 Å². The average Bonchev–Trinajstić information content (AvgIpc) is 3.21. The number of hydrogen-bond acceptors (Lipinski definition) is 5. The highest BCUT2D eigenvalue weighted by molar-refractivity contribution is 5.91. The molecule has 0 aliphatic heterocycles. The first-order chi connectivity index (χ1) is 12.3. The number of furan rings is 1. The van der Waals surface area contributed by atoms with E-state index in [1.165, 1.54) is 5.56 Å². The van der Waals surface area contributed by atoms with Gasteiger partial charge in [-0.3, -0.25) is 4.79 Å². The lowest BCUT2D eigenvalue weighted by Gasteiger charge is -2.07. The van der Waals surface area contributed by atoms with Crippen LogP contribution < -0.4 is 5.32 Å². The third-order valence-electron chi connectivity index (χ3n) is 4.14. The lowest BCUT2D eigenvalue weighted by Crippen LogP contribution is -2.26. The lowest BCUT2D eigenvalue weighted by molar-refractivity contribution is 0.0926. The van der Waals surface area contributed by atoms with Gasteiger partial charge in [0.15, 0.2) is 11.5 Å². The van der Waals surface area contributed by atoms with Crippen molar-refractivity contribution in [1.82, 2.24) is 15.3 Å². The van der Waals surface area contributed by atoms with Crippen LogP contribution in [0.2, 0.25) is 0 Å². The molecule has 0 fully saturated rings. The Bertz CT molecular complexity index is 882. The fraction of sp³-hybridized carbons (Fsp3) is 0.450. The van der Waals surface area contributed by atoms with E-state index in [-0.39, 0.29) is 11.7 Å². The number of aryl methyl sites for hydroxylation is 2. The third-order valence-corrected chi connectivity index (χ3v) is 4.14. The maximum atomic E-state index is 12.2. The first-order valence-electron chi connectivity index (χ1n) is 8.81. The molecular weight excluding hydrogens is 330 g/mol. The number of nitrogens with zero attached hydrogens (tertiary/aromatic N) is 2. The topological polar surface area (TPSA) is 88.2 Å². The number of amides is 1. The van der Waals surface area contributed by atoms with Crippen molar-refractivity contribution in [3.05, 3.63) is 46.4 Å². The van der Waals surface area contributed by atoms with E-state index in [2.05, 4.69) is 27.1 Å². The Morgan fingerprint density at radius 1 is 1.35 bits per heavy atom. The fourth-order valence-corrected chi connectivity index (χ4v) is 2.91. The van der Waals surface area contributed by atoms with Crippen LogP contribution in [0.3, 0.4) is 0 Å². The molecule has 26 heavy (non-hydrogen) atoms. The van der Waals surface area contributed by atoms with Crippen LogP contribution in [0.5, 0.6) is 0 Å². The summed E-state index contributed by atoms with van der Waals surface area (Å²) in [5.74, 6) is 6.34. The van der Waals surface area contributed by atoms with Crippen molar-refractivity contribution in [3.63, 3.8) is 0 Å². The van der Waals surface area contributed by atoms with Crippen LogP contribution in [-0.2, 0) is 19.3 Å². The van der Waals surface area contributed by atoms with Crippen molar-refractivity contribution in [2.45, 2.75) is 52.1 Å². The molecule has 3 rings (SSSR count). The molecule has 0 aromatic carbocycles. The SMILES string of the molecule is Cc1nc(CCNC(=O)c2ccc(C#CC(C)(C)O)o2)nc2c1CCC2. The monoisotopic (exact) mass is 353 g/mol. The molecule has 0 atom stereocenters. The summed E-state index contributed by atoms with van der Waals surface area (Å²) in [6, 6.07) is 3.18. The summed E-state index contributed by atoms with van der Waals surface area (Å²) >= 11 is 0. The summed E-state index contributed by atoms with van der Waals surface area (Å²) in [6.45, 7) is 5.62. The van der Waals surface area contributed by atoms with Gasteiger partial charge in [-0.2, -0.15) is 0 Å². The standard InChI is InChI=1S/C20H23N3O3/c1-13-15-5-4-6-16(15)23-18(22-13)10-12-21-19(24)17-8-7-14(26-17)9-11-20(2,3)25/h7-8,25H,4-6,10,12H2,1-3H3,(H,21,24). The number of aromatic nitrogens is 2. The molecular formula is C20H23N3O3. The second kappa shape index (κ2) is 7.30. The predicted octanol–water partition coefficient (Wildman–Crippen LogP) is 1.96. The summed E-state index contributed by atoms with van der Waals surface area (Å²) in [7, 11) is 0. The van der Waals surface area contributed by atoms with Gasteiger partial charge in [0.2, 0.25) is 0 Å². The zero-order valence-electron chi connectivity index (χ0n) is 15.3. The van der Waals surface area contributed by atoms with Crippen LogP contribution >= 0.6 is 0 Å². The van der Waals surface area contributed by atoms with Crippen molar-refractivity contribution in [1.29, 1.82) is 0 Å². The van der Waals surface area contributed by atoms with Crippen molar-refractivity contribution in [2.75, 3.05) is 6.54 Å². The molecule has 0 bridgehead atoms. The van der Waals surface area contributed by atoms with Crippen LogP contribution in [0.1, 0.15) is 59.4 Å². The summed E-state index contributed by atoms with van der Waals surface area (Å²) < 4.78 is 5.40. The zero-order chi connectivity index (χ0) is 18.7. The number of hydrogen-bond donors (Lipinski definition) is 2. The van der Waals surface area contributed by atoms with E-state index in [0.717, 1.165) is 36.5 Å². The number of rotatable bonds is 4. The molecule has 2 N–H and O–H groups in total. The Morgan fingerprint density at radius 2 is 2.15 bits per heavy atom. The molecule has 6 nitrogen and oxygen atoms in total. The minimum atomic E-state index is -1.11. The maximum Gasteiger partial charge on any atom is 0.287 e. The van der Waals surface area contributed by atoms with Crippen LogP contribution in [-0.4, -0.2) is 33.1 Å². The first kappa shape index (κ1) is 18.2. The molecule has 6 heteroatoms. The van der Waals surface area contributed by atoms with Gasteiger partial charge in [-0.05, 0) is 63.7 Å². The van der Waals surface area contributed by atoms with Crippen molar-refractivity contribution in [3.8, 4) is 11.8 Å². The van der Waals surface area contributed by atoms with Gasteiger partial charge in [0.05, 0.1) is 0 Å². The Kier molecular flexibility index (Phi) is 5.10. The van der Waals surface area contributed by atoms with Gasteiger partial charge < -0.3 is 14.8 Å². The number of carbonyl (C=O) groups excluding carboxylic acids is 1. The van der Waals surface area contributed by atoms with Gasteiger partial charge in [-0.15, -0.1) is 0 Å². The minimum absolute atomic E-state index is 0.191. The number of fused-ring (bicyclic) bond motifs is 1. The Balaban J connectivity index is 1.56. The third kappa shape index (κ3) is 4.50. The highest BCUT2D eigenvalue weighted by Gasteiger charge is 2.17. The minimum Gasteiger partial charge on any atom is -0.443 e. The van der Waals surface area contributed by atoms with E-state index in [1.807, 2.05) is 6.92 Å². The van der Waals surface area contributed by atoms with E-state index in [4.69, 9.17) is 4.42 Å². The van der Waals surface area contributed by atoms with Crippen molar-refractivity contribution in [2.24, 2.45) is 0 Å². The molecule has 0 saturated carbocycles. The predicted molar refractivity (Wildman–Crippen MR) is 96.7 cm³/mol. The molecule has 1 aliphatic carbocycles. The van der Waals surface area contributed by atoms with Crippen LogP contribution in [0, 0.1) is 18.8 Å². The Labute approximate surface area is 153 Å². The van der Waals surface area contributed by atoms with Gasteiger partial charge in [-0.1, -0.05) is 5.92 Å². The van der Waals surface area contributed by atoms with Gasteiger partial charge in [-0.25, -0.2) is 9.97 Å². The Hall–Kier alpha value is -2.65. The van der Waals surface area contributed by atoms with Crippen molar-refractivity contribution < 1.29 is 14.3 Å². The number of nitrogens with one attached hydrogen (secondary N) is 1. The van der Waals surface area contributed by atoms with E-state index < -0.39 is 5.60 Å². The molecule has 0 radical (unpaired) electrons. The zero-order valence-corrected chi connectivity index (χ0v) is 15.3. The Morgan fingerprint density at radius 3 is 2.92 bits per heavy atom. The molecule has 1 aliphatic rings. The molecule has 0 saturated heterocycles. The summed E-state index contributed by atoms with van der Waals surface area (Å²) in [5, 5.41) is 12.4. The highest BCUT2D eigenvalue weighted by atomic mass is 16.3. The quantitative estimate of drug-likeness (QED) is 0.821. The molecule has 2 heterocycles. The van der Waals surface area contributed by atoms with Gasteiger partial charge in [0.25, 0.3) is 5.91 Å². The molecule has 2 aromatic rings. The summed E-state index contributed by atoms with van der Waals surface area (Å²) in [4.78, 5) is 21.3. The molecule has 0 unspecified atom stereocenters. The van der Waals surface area contributed by atoms with Crippen LogP contribution in [0.15, 0.2) is 16.5 Å². The molecule has 2 aromatic heterocycles. The fourth-order valence-electron chi connectivity index (χ4n) is 2.91. The first-order valence-corrected chi connectivity index (χ1v) is 8.81. The number of aliphatic hydroxyl groups is 1.